The highest BCUT2D eigenvalue weighted by atomic mass is 127. The summed E-state index contributed by atoms with van der Waals surface area (Å²) in [6.45, 7) is 0. The van der Waals surface area contributed by atoms with Crippen molar-refractivity contribution in [1.29, 1.82) is 0 Å². The van der Waals surface area contributed by atoms with Crippen LogP contribution in [-0.4, -0.2) is 23.9 Å². The Balaban J connectivity index is 1.88. The van der Waals surface area contributed by atoms with Gasteiger partial charge in [0.05, 0.1) is 11.7 Å². The Kier molecular flexibility index (Phi) is 4.44. The Labute approximate surface area is 117 Å². The molecule has 0 aliphatic heterocycles. The van der Waals surface area contributed by atoms with Crippen LogP contribution in [0.25, 0.3) is 0 Å². The molecule has 1 aromatic rings. The first-order valence-corrected chi connectivity index (χ1v) is 7.19. The Morgan fingerprint density at radius 1 is 1.35 bits per heavy atom. The van der Waals surface area contributed by atoms with Crippen LogP contribution in [-0.2, 0) is 11.2 Å². The highest BCUT2D eigenvalue weighted by Crippen LogP contribution is 2.39. The summed E-state index contributed by atoms with van der Waals surface area (Å²) in [5.41, 5.74) is 1.16. The van der Waals surface area contributed by atoms with E-state index in [1.807, 2.05) is 0 Å². The van der Waals surface area contributed by atoms with E-state index in [1.54, 1.807) is 7.11 Å². The van der Waals surface area contributed by atoms with Crippen LogP contribution in [0.4, 0.5) is 0 Å². The van der Waals surface area contributed by atoms with Crippen LogP contribution in [0.2, 0.25) is 0 Å². The van der Waals surface area contributed by atoms with Gasteiger partial charge in [-0.3, -0.25) is 0 Å². The van der Waals surface area contributed by atoms with Crippen molar-refractivity contribution < 1.29 is 9.84 Å². The standard InChI is InChI=1S/C14H19IO2/c1-17-14(7-2-8-14)10-13(16)9-11-3-5-12(15)6-4-11/h3-6,13,16H,2,7-10H2,1H3. The van der Waals surface area contributed by atoms with E-state index in [2.05, 4.69) is 46.9 Å². The molecule has 1 fully saturated rings. The van der Waals surface area contributed by atoms with Gasteiger partial charge in [0.15, 0.2) is 0 Å². The lowest BCUT2D eigenvalue weighted by Gasteiger charge is -2.41. The molecule has 1 aliphatic carbocycles. The van der Waals surface area contributed by atoms with Crippen molar-refractivity contribution in [3.05, 3.63) is 33.4 Å². The fourth-order valence-corrected chi connectivity index (χ4v) is 2.82. The van der Waals surface area contributed by atoms with Crippen LogP contribution in [0, 0.1) is 3.57 Å². The van der Waals surface area contributed by atoms with Gasteiger partial charge in [-0.2, -0.15) is 0 Å². The topological polar surface area (TPSA) is 29.5 Å². The first-order chi connectivity index (χ1) is 8.13. The fourth-order valence-electron chi connectivity index (χ4n) is 2.46. The number of aliphatic hydroxyl groups is 1. The molecule has 0 aromatic heterocycles. The number of ether oxygens (including phenoxy) is 1. The molecule has 94 valence electrons. The summed E-state index contributed by atoms with van der Waals surface area (Å²) in [6.07, 6.45) is 4.59. The minimum Gasteiger partial charge on any atom is -0.393 e. The third-order valence-electron chi connectivity index (χ3n) is 3.69. The fraction of sp³-hybridized carbons (Fsp3) is 0.571. The summed E-state index contributed by atoms with van der Waals surface area (Å²) in [4.78, 5) is 0. The van der Waals surface area contributed by atoms with E-state index >= 15 is 0 Å². The minimum absolute atomic E-state index is 0.0391. The molecule has 0 saturated heterocycles. The lowest BCUT2D eigenvalue weighted by atomic mass is 9.75. The number of hydrogen-bond acceptors (Lipinski definition) is 2. The maximum absolute atomic E-state index is 10.1. The summed E-state index contributed by atoms with van der Waals surface area (Å²) in [5.74, 6) is 0. The van der Waals surface area contributed by atoms with Gasteiger partial charge in [0.2, 0.25) is 0 Å². The maximum Gasteiger partial charge on any atom is 0.0703 e. The molecule has 3 heteroatoms. The Morgan fingerprint density at radius 3 is 2.47 bits per heavy atom. The van der Waals surface area contributed by atoms with Crippen molar-refractivity contribution in [2.75, 3.05) is 7.11 Å². The van der Waals surface area contributed by atoms with Crippen LogP contribution in [0.5, 0.6) is 0 Å². The summed E-state index contributed by atoms with van der Waals surface area (Å²) >= 11 is 2.29. The molecule has 0 amide bonds. The Morgan fingerprint density at radius 2 is 2.00 bits per heavy atom. The van der Waals surface area contributed by atoms with Crippen molar-refractivity contribution in [3.8, 4) is 0 Å². The summed E-state index contributed by atoms with van der Waals surface area (Å²) < 4.78 is 6.77. The van der Waals surface area contributed by atoms with Gasteiger partial charge in [-0.1, -0.05) is 12.1 Å². The zero-order valence-electron chi connectivity index (χ0n) is 10.2. The lowest BCUT2D eigenvalue weighted by molar-refractivity contribution is -0.0989. The number of hydrogen-bond donors (Lipinski definition) is 1. The molecule has 0 radical (unpaired) electrons. The molecule has 2 nitrogen and oxygen atoms in total. The van der Waals surface area contributed by atoms with E-state index in [0.717, 1.165) is 25.7 Å². The van der Waals surface area contributed by atoms with Gasteiger partial charge in [0.1, 0.15) is 0 Å². The van der Waals surface area contributed by atoms with Crippen molar-refractivity contribution in [3.63, 3.8) is 0 Å². The third-order valence-corrected chi connectivity index (χ3v) is 4.41. The predicted octanol–water partition coefficient (Wildman–Crippen LogP) is 3.15. The number of benzene rings is 1. The summed E-state index contributed by atoms with van der Waals surface area (Å²) in [6, 6.07) is 8.34. The molecule has 0 bridgehead atoms. The van der Waals surface area contributed by atoms with Crippen molar-refractivity contribution in [1.82, 2.24) is 0 Å². The molecule has 1 saturated carbocycles. The average Bonchev–Trinajstić information content (AvgIpc) is 2.27. The predicted molar refractivity (Wildman–Crippen MR) is 77.1 cm³/mol. The number of methoxy groups -OCH3 is 1. The van der Waals surface area contributed by atoms with E-state index in [9.17, 15) is 5.11 Å². The molecule has 1 N–H and O–H groups in total. The molecule has 1 unspecified atom stereocenters. The van der Waals surface area contributed by atoms with Gasteiger partial charge in [0, 0.05) is 17.1 Å². The monoisotopic (exact) mass is 346 g/mol. The average molecular weight is 346 g/mol. The highest BCUT2D eigenvalue weighted by Gasteiger charge is 2.38. The van der Waals surface area contributed by atoms with Gasteiger partial charge in [-0.25, -0.2) is 0 Å². The molecule has 0 heterocycles. The summed E-state index contributed by atoms with van der Waals surface area (Å²) in [7, 11) is 1.76. The first-order valence-electron chi connectivity index (χ1n) is 6.11. The van der Waals surface area contributed by atoms with E-state index in [4.69, 9.17) is 4.74 Å². The molecule has 0 spiro atoms. The second-order valence-electron chi connectivity index (χ2n) is 4.93. The largest absolute Gasteiger partial charge is 0.393 e. The minimum atomic E-state index is -0.296. The molecular weight excluding hydrogens is 327 g/mol. The van der Waals surface area contributed by atoms with Crippen LogP contribution in [0.1, 0.15) is 31.2 Å². The second-order valence-corrected chi connectivity index (χ2v) is 6.17. The molecule has 1 aliphatic rings. The van der Waals surface area contributed by atoms with Gasteiger partial charge in [0.25, 0.3) is 0 Å². The zero-order valence-corrected chi connectivity index (χ0v) is 12.3. The normalized spacial score (nSPS) is 19.7. The molecule has 1 atom stereocenters. The van der Waals surface area contributed by atoms with Crippen molar-refractivity contribution >= 4 is 22.6 Å². The number of rotatable bonds is 5. The lowest BCUT2D eigenvalue weighted by Crippen LogP contribution is -2.42. The van der Waals surface area contributed by atoms with Crippen molar-refractivity contribution in [2.45, 2.75) is 43.8 Å². The van der Waals surface area contributed by atoms with Gasteiger partial charge in [-0.05, 0) is 66.0 Å². The van der Waals surface area contributed by atoms with Crippen LogP contribution >= 0.6 is 22.6 Å². The smallest absolute Gasteiger partial charge is 0.0703 e. The molecular formula is C14H19IO2. The van der Waals surface area contributed by atoms with Crippen molar-refractivity contribution in [2.24, 2.45) is 0 Å². The van der Waals surface area contributed by atoms with Gasteiger partial charge < -0.3 is 9.84 Å². The number of aliphatic hydroxyl groups excluding tert-OH is 1. The second kappa shape index (κ2) is 5.67. The van der Waals surface area contributed by atoms with E-state index in [-0.39, 0.29) is 11.7 Å². The SMILES string of the molecule is COC1(CC(O)Cc2ccc(I)cc2)CCC1. The van der Waals surface area contributed by atoms with Crippen LogP contribution in [0.3, 0.4) is 0 Å². The van der Waals surface area contributed by atoms with Crippen LogP contribution < -0.4 is 0 Å². The first kappa shape index (κ1) is 13.3. The van der Waals surface area contributed by atoms with Gasteiger partial charge in [-0.15, -0.1) is 0 Å². The highest BCUT2D eigenvalue weighted by molar-refractivity contribution is 14.1. The Hall–Kier alpha value is -0.130. The van der Waals surface area contributed by atoms with E-state index in [1.165, 1.54) is 15.6 Å². The molecule has 1 aromatic carbocycles. The molecule has 2 rings (SSSR count). The van der Waals surface area contributed by atoms with E-state index in [0.29, 0.717) is 0 Å². The molecule has 17 heavy (non-hydrogen) atoms. The quantitative estimate of drug-likeness (QED) is 0.830. The Bertz CT molecular complexity index is 351. The zero-order chi connectivity index (χ0) is 12.3. The maximum atomic E-state index is 10.1. The van der Waals surface area contributed by atoms with E-state index < -0.39 is 0 Å². The number of halogens is 1. The third kappa shape index (κ3) is 3.42. The van der Waals surface area contributed by atoms with Crippen LogP contribution in [0.15, 0.2) is 24.3 Å². The summed E-state index contributed by atoms with van der Waals surface area (Å²) in [5, 5.41) is 10.1. The van der Waals surface area contributed by atoms with Gasteiger partial charge >= 0.3 is 0 Å².